The number of nitrogens with one attached hydrogen (secondary N) is 3. The first-order valence-electron chi connectivity index (χ1n) is 9.41. The quantitative estimate of drug-likeness (QED) is 0.469. The van der Waals surface area contributed by atoms with Crippen molar-refractivity contribution in [2.75, 3.05) is 5.32 Å². The summed E-state index contributed by atoms with van der Waals surface area (Å²) in [4.78, 5) is 28.1. The summed E-state index contributed by atoms with van der Waals surface area (Å²) < 4.78 is 0. The summed E-state index contributed by atoms with van der Waals surface area (Å²) in [5, 5.41) is 6.78. The first-order chi connectivity index (χ1) is 14.1. The second-order valence-corrected chi connectivity index (χ2v) is 6.98. The average molecular weight is 383 g/mol. The fraction of sp³-hybridized carbons (Fsp3) is 0.0833. The first-order valence-corrected chi connectivity index (χ1v) is 9.41. The van der Waals surface area contributed by atoms with Crippen molar-refractivity contribution in [1.29, 1.82) is 0 Å². The Hall–Kier alpha value is -3.86. The molecule has 0 spiro atoms. The van der Waals surface area contributed by atoms with Crippen LogP contribution in [0, 0.1) is 6.92 Å². The number of anilines is 1. The van der Waals surface area contributed by atoms with Crippen molar-refractivity contribution in [3.63, 3.8) is 0 Å². The number of para-hydroxylation sites is 1. The van der Waals surface area contributed by atoms with Gasteiger partial charge in [-0.2, -0.15) is 0 Å². The van der Waals surface area contributed by atoms with Gasteiger partial charge in [0.25, 0.3) is 11.8 Å². The van der Waals surface area contributed by atoms with Gasteiger partial charge in [0, 0.05) is 28.7 Å². The number of aryl methyl sites for hydroxylation is 1. The molecule has 1 heterocycles. The van der Waals surface area contributed by atoms with Crippen LogP contribution in [0.3, 0.4) is 0 Å². The molecule has 0 fully saturated rings. The highest BCUT2D eigenvalue weighted by Gasteiger charge is 2.11. The fourth-order valence-corrected chi connectivity index (χ4v) is 3.20. The van der Waals surface area contributed by atoms with E-state index in [1.54, 1.807) is 12.1 Å². The number of amides is 2. The number of rotatable bonds is 5. The smallest absolute Gasteiger partial charge is 0.267 e. The van der Waals surface area contributed by atoms with Gasteiger partial charge >= 0.3 is 0 Å². The van der Waals surface area contributed by atoms with E-state index in [4.69, 9.17) is 0 Å². The van der Waals surface area contributed by atoms with Gasteiger partial charge in [0.15, 0.2) is 0 Å². The molecule has 29 heavy (non-hydrogen) atoms. The third-order valence-electron chi connectivity index (χ3n) is 4.69. The van der Waals surface area contributed by atoms with Crippen molar-refractivity contribution < 1.29 is 9.59 Å². The lowest BCUT2D eigenvalue weighted by atomic mass is 10.1. The highest BCUT2D eigenvalue weighted by molar-refractivity contribution is 6.04. The number of aromatic nitrogens is 1. The van der Waals surface area contributed by atoms with Crippen molar-refractivity contribution in [3.8, 4) is 0 Å². The molecule has 3 aromatic carbocycles. The highest BCUT2D eigenvalue weighted by Crippen LogP contribution is 2.17. The number of carbonyl (C=O) groups excluding carboxylic acids is 2. The molecule has 4 rings (SSSR count). The van der Waals surface area contributed by atoms with Crippen LogP contribution < -0.4 is 10.6 Å². The summed E-state index contributed by atoms with van der Waals surface area (Å²) >= 11 is 0. The Morgan fingerprint density at radius 2 is 1.69 bits per heavy atom. The molecule has 0 unspecified atom stereocenters. The predicted molar refractivity (Wildman–Crippen MR) is 115 cm³/mol. The summed E-state index contributed by atoms with van der Waals surface area (Å²) in [5.74, 6) is -0.367. The van der Waals surface area contributed by atoms with E-state index in [0.717, 1.165) is 27.7 Å². The van der Waals surface area contributed by atoms with E-state index in [1.807, 2.05) is 73.7 Å². The zero-order chi connectivity index (χ0) is 20.2. The molecule has 0 aliphatic carbocycles. The minimum atomic E-state index is -0.185. The van der Waals surface area contributed by atoms with Gasteiger partial charge in [-0.05, 0) is 55.0 Å². The molecule has 0 aliphatic heterocycles. The normalized spacial score (nSPS) is 10.7. The maximum absolute atomic E-state index is 12.5. The zero-order valence-corrected chi connectivity index (χ0v) is 16.0. The standard InChI is InChI=1S/C24H21N3O2/c1-16-10-11-21-19(12-16)14-22(27-21)24(29)25-15-17-6-5-7-18(13-17)23(28)26-20-8-3-2-4-9-20/h2-14,27H,15H2,1H3,(H,25,29)(H,26,28). The maximum atomic E-state index is 12.5. The minimum absolute atomic E-state index is 0.182. The van der Waals surface area contributed by atoms with Crippen LogP contribution in [0.2, 0.25) is 0 Å². The molecular formula is C24H21N3O2. The van der Waals surface area contributed by atoms with Crippen LogP contribution in [0.5, 0.6) is 0 Å². The molecule has 3 N–H and O–H groups in total. The minimum Gasteiger partial charge on any atom is -0.351 e. The summed E-state index contributed by atoms with van der Waals surface area (Å²) in [5.41, 5.74) is 4.73. The number of fused-ring (bicyclic) bond motifs is 1. The summed E-state index contributed by atoms with van der Waals surface area (Å²) in [6.07, 6.45) is 0. The number of aromatic amines is 1. The summed E-state index contributed by atoms with van der Waals surface area (Å²) in [6, 6.07) is 24.4. The number of carbonyl (C=O) groups is 2. The molecule has 5 nitrogen and oxygen atoms in total. The monoisotopic (exact) mass is 383 g/mol. The van der Waals surface area contributed by atoms with Crippen molar-refractivity contribution in [3.05, 3.63) is 101 Å². The Labute approximate surface area is 168 Å². The number of benzene rings is 3. The number of hydrogen-bond donors (Lipinski definition) is 3. The molecule has 0 saturated heterocycles. The Bertz CT molecular complexity index is 1180. The van der Waals surface area contributed by atoms with Gasteiger partial charge in [-0.25, -0.2) is 0 Å². The third kappa shape index (κ3) is 4.35. The molecule has 0 bridgehead atoms. The lowest BCUT2D eigenvalue weighted by Gasteiger charge is -2.08. The van der Waals surface area contributed by atoms with Gasteiger partial charge in [-0.1, -0.05) is 42.0 Å². The molecule has 2 amide bonds. The van der Waals surface area contributed by atoms with Crippen LogP contribution in [-0.2, 0) is 6.54 Å². The molecule has 0 atom stereocenters. The second-order valence-electron chi connectivity index (χ2n) is 6.98. The largest absolute Gasteiger partial charge is 0.351 e. The van der Waals surface area contributed by atoms with E-state index in [0.29, 0.717) is 17.8 Å². The van der Waals surface area contributed by atoms with Gasteiger partial charge in [-0.3, -0.25) is 9.59 Å². The van der Waals surface area contributed by atoms with Crippen molar-refractivity contribution in [2.45, 2.75) is 13.5 Å². The molecule has 4 aromatic rings. The van der Waals surface area contributed by atoms with Crippen LogP contribution in [0.25, 0.3) is 10.9 Å². The van der Waals surface area contributed by atoms with Gasteiger partial charge in [0.2, 0.25) is 0 Å². The Morgan fingerprint density at radius 1 is 0.862 bits per heavy atom. The lowest BCUT2D eigenvalue weighted by Crippen LogP contribution is -2.23. The van der Waals surface area contributed by atoms with Crippen LogP contribution in [0.15, 0.2) is 78.9 Å². The van der Waals surface area contributed by atoms with E-state index in [1.165, 1.54) is 0 Å². The van der Waals surface area contributed by atoms with E-state index in [2.05, 4.69) is 15.6 Å². The van der Waals surface area contributed by atoms with Gasteiger partial charge in [0.05, 0.1) is 0 Å². The van der Waals surface area contributed by atoms with Crippen LogP contribution in [-0.4, -0.2) is 16.8 Å². The molecule has 0 saturated carbocycles. The Kier molecular flexibility index (Phi) is 5.12. The first kappa shape index (κ1) is 18.5. The van der Waals surface area contributed by atoms with Crippen molar-refractivity contribution in [1.82, 2.24) is 10.3 Å². The second kappa shape index (κ2) is 8.02. The lowest BCUT2D eigenvalue weighted by molar-refractivity contribution is 0.0946. The van der Waals surface area contributed by atoms with Gasteiger partial charge in [0.1, 0.15) is 5.69 Å². The highest BCUT2D eigenvalue weighted by atomic mass is 16.2. The zero-order valence-electron chi connectivity index (χ0n) is 16.0. The Morgan fingerprint density at radius 3 is 2.52 bits per heavy atom. The van der Waals surface area contributed by atoms with E-state index in [9.17, 15) is 9.59 Å². The van der Waals surface area contributed by atoms with Crippen molar-refractivity contribution in [2.24, 2.45) is 0 Å². The molecule has 1 aromatic heterocycles. The summed E-state index contributed by atoms with van der Waals surface area (Å²) in [6.45, 7) is 2.35. The molecule has 144 valence electrons. The van der Waals surface area contributed by atoms with E-state index >= 15 is 0 Å². The predicted octanol–water partition coefficient (Wildman–Crippen LogP) is 4.66. The molecular weight excluding hydrogens is 362 g/mol. The van der Waals surface area contributed by atoms with Gasteiger partial charge < -0.3 is 15.6 Å². The summed E-state index contributed by atoms with van der Waals surface area (Å²) in [7, 11) is 0. The molecule has 0 radical (unpaired) electrons. The van der Waals surface area contributed by atoms with Crippen LogP contribution in [0.4, 0.5) is 5.69 Å². The van der Waals surface area contributed by atoms with Crippen LogP contribution >= 0.6 is 0 Å². The van der Waals surface area contributed by atoms with Crippen molar-refractivity contribution >= 4 is 28.4 Å². The van der Waals surface area contributed by atoms with Gasteiger partial charge in [-0.15, -0.1) is 0 Å². The molecule has 0 aliphatic rings. The molecule has 5 heteroatoms. The SMILES string of the molecule is Cc1ccc2[nH]c(C(=O)NCc3cccc(C(=O)Nc4ccccc4)c3)cc2c1. The van der Waals surface area contributed by atoms with Crippen LogP contribution in [0.1, 0.15) is 32.0 Å². The van der Waals surface area contributed by atoms with E-state index < -0.39 is 0 Å². The average Bonchev–Trinajstić information content (AvgIpc) is 3.16. The number of hydrogen-bond acceptors (Lipinski definition) is 2. The van der Waals surface area contributed by atoms with E-state index in [-0.39, 0.29) is 11.8 Å². The Balaban J connectivity index is 1.42. The topological polar surface area (TPSA) is 74.0 Å². The third-order valence-corrected chi connectivity index (χ3v) is 4.69. The fourth-order valence-electron chi connectivity index (χ4n) is 3.20. The maximum Gasteiger partial charge on any atom is 0.267 e. The number of H-pyrrole nitrogens is 1.